The summed E-state index contributed by atoms with van der Waals surface area (Å²) in [5.74, 6) is -0.915. The molecule has 0 radical (unpaired) electrons. The highest BCUT2D eigenvalue weighted by Gasteiger charge is 2.33. The van der Waals surface area contributed by atoms with Gasteiger partial charge in [-0.25, -0.2) is 0 Å². The van der Waals surface area contributed by atoms with Crippen LogP contribution in [-0.4, -0.2) is 24.1 Å². The molecule has 0 aliphatic heterocycles. The van der Waals surface area contributed by atoms with Gasteiger partial charge in [-0.05, 0) is 43.0 Å². The molecule has 1 aromatic carbocycles. The third kappa shape index (κ3) is 4.14. The van der Waals surface area contributed by atoms with E-state index in [0.717, 1.165) is 4.88 Å². The van der Waals surface area contributed by atoms with E-state index in [2.05, 4.69) is 5.32 Å². The van der Waals surface area contributed by atoms with Crippen molar-refractivity contribution in [3.63, 3.8) is 0 Å². The predicted molar refractivity (Wildman–Crippen MR) is 93.5 cm³/mol. The molecule has 2 aromatic rings. The van der Waals surface area contributed by atoms with Crippen molar-refractivity contribution in [2.24, 2.45) is 0 Å². The van der Waals surface area contributed by atoms with E-state index in [-0.39, 0.29) is 18.2 Å². The molecule has 0 saturated heterocycles. The fraction of sp³-hybridized carbons (Fsp3) is 0.333. The van der Waals surface area contributed by atoms with Crippen LogP contribution in [0.4, 0.5) is 0 Å². The molecule has 2 N–H and O–H groups in total. The molecular weight excluding hydrogens is 326 g/mol. The molecule has 0 bridgehead atoms. The Hall–Kier alpha value is -2.34. The topological polar surface area (TPSA) is 75.6 Å². The maximum atomic E-state index is 12.6. The van der Waals surface area contributed by atoms with Crippen molar-refractivity contribution in [2.45, 2.75) is 31.7 Å². The molecule has 1 heterocycles. The molecule has 2 rings (SSSR count). The number of methoxy groups -OCH3 is 1. The second-order valence-corrected chi connectivity index (χ2v) is 6.84. The second kappa shape index (κ2) is 7.49. The van der Waals surface area contributed by atoms with E-state index >= 15 is 0 Å². The van der Waals surface area contributed by atoms with E-state index in [1.54, 1.807) is 38.3 Å². The predicted octanol–water partition coefficient (Wildman–Crippen LogP) is 3.37. The zero-order chi connectivity index (χ0) is 17.7. The van der Waals surface area contributed by atoms with Crippen LogP contribution >= 0.6 is 11.3 Å². The average molecular weight is 347 g/mol. The van der Waals surface area contributed by atoms with Crippen molar-refractivity contribution < 1.29 is 19.4 Å². The fourth-order valence-electron chi connectivity index (χ4n) is 2.53. The van der Waals surface area contributed by atoms with Crippen molar-refractivity contribution in [3.05, 3.63) is 52.2 Å². The number of rotatable bonds is 7. The molecule has 6 heteroatoms. The molecule has 24 heavy (non-hydrogen) atoms. The molecule has 2 unspecified atom stereocenters. The molecule has 1 aromatic heterocycles. The smallest absolute Gasteiger partial charge is 0.306 e. The first kappa shape index (κ1) is 18.0. The zero-order valence-electron chi connectivity index (χ0n) is 13.9. The van der Waals surface area contributed by atoms with E-state index in [9.17, 15) is 14.7 Å². The molecular formula is C18H21NO4S. The van der Waals surface area contributed by atoms with Gasteiger partial charge in [0.15, 0.2) is 0 Å². The van der Waals surface area contributed by atoms with Gasteiger partial charge in [-0.15, -0.1) is 11.3 Å². The van der Waals surface area contributed by atoms with Gasteiger partial charge in [0.1, 0.15) is 5.75 Å². The first-order chi connectivity index (χ1) is 11.4. The number of amides is 1. The van der Waals surface area contributed by atoms with Crippen molar-refractivity contribution in [2.75, 3.05) is 7.11 Å². The highest BCUT2D eigenvalue weighted by atomic mass is 32.1. The van der Waals surface area contributed by atoms with Crippen LogP contribution in [0.15, 0.2) is 41.8 Å². The number of thiophene rings is 1. The zero-order valence-corrected chi connectivity index (χ0v) is 14.7. The Balaban J connectivity index is 2.29. The Morgan fingerprint density at radius 3 is 2.67 bits per heavy atom. The largest absolute Gasteiger partial charge is 0.497 e. The summed E-state index contributed by atoms with van der Waals surface area (Å²) in [6, 6.07) is 10.9. The molecule has 5 nitrogen and oxygen atoms in total. The van der Waals surface area contributed by atoms with Gasteiger partial charge in [0, 0.05) is 4.88 Å². The number of carbonyl (C=O) groups excluding carboxylic acids is 1. The normalized spacial score (nSPS) is 14.5. The third-order valence-electron chi connectivity index (χ3n) is 3.97. The Kier molecular flexibility index (Phi) is 5.62. The fourth-order valence-corrected chi connectivity index (χ4v) is 3.32. The lowest BCUT2D eigenvalue weighted by atomic mass is 9.87. The summed E-state index contributed by atoms with van der Waals surface area (Å²) >= 11 is 1.50. The minimum absolute atomic E-state index is 0.205. The summed E-state index contributed by atoms with van der Waals surface area (Å²) in [6.07, 6.45) is -0.219. The minimum Gasteiger partial charge on any atom is -0.497 e. The van der Waals surface area contributed by atoms with Crippen LogP contribution in [0, 0.1) is 0 Å². The van der Waals surface area contributed by atoms with Crippen molar-refractivity contribution in [3.8, 4) is 5.75 Å². The van der Waals surface area contributed by atoms with Crippen molar-refractivity contribution >= 4 is 23.2 Å². The van der Waals surface area contributed by atoms with Crippen LogP contribution in [0.5, 0.6) is 5.75 Å². The van der Waals surface area contributed by atoms with Gasteiger partial charge in [0.05, 0.1) is 25.0 Å². The molecule has 0 aliphatic rings. The van der Waals surface area contributed by atoms with E-state index in [1.807, 2.05) is 24.4 Å². The van der Waals surface area contributed by atoms with Gasteiger partial charge in [-0.3, -0.25) is 9.59 Å². The summed E-state index contributed by atoms with van der Waals surface area (Å²) < 4.78 is 5.21. The van der Waals surface area contributed by atoms with Crippen LogP contribution in [-0.2, 0) is 15.1 Å². The van der Waals surface area contributed by atoms with Gasteiger partial charge < -0.3 is 15.2 Å². The van der Waals surface area contributed by atoms with Crippen molar-refractivity contribution in [1.82, 2.24) is 5.32 Å². The average Bonchev–Trinajstić information content (AvgIpc) is 3.07. The summed E-state index contributed by atoms with van der Waals surface area (Å²) in [7, 11) is 1.55. The van der Waals surface area contributed by atoms with Crippen molar-refractivity contribution in [1.29, 1.82) is 0 Å². The summed E-state index contributed by atoms with van der Waals surface area (Å²) in [4.78, 5) is 24.9. The lowest BCUT2D eigenvalue weighted by molar-refractivity contribution is -0.139. The number of benzene rings is 1. The van der Waals surface area contributed by atoms with Crippen LogP contribution in [0.1, 0.15) is 36.6 Å². The minimum atomic E-state index is -1.02. The van der Waals surface area contributed by atoms with Crippen LogP contribution in [0.3, 0.4) is 0 Å². The van der Waals surface area contributed by atoms with Gasteiger partial charge >= 0.3 is 5.97 Å². The third-order valence-corrected chi connectivity index (χ3v) is 5.03. The van der Waals surface area contributed by atoms with Crippen LogP contribution in [0.25, 0.3) is 0 Å². The summed E-state index contributed by atoms with van der Waals surface area (Å²) in [5.41, 5.74) is -0.334. The number of carbonyl (C=O) groups is 2. The lowest BCUT2D eigenvalue weighted by Gasteiger charge is -2.31. The number of carboxylic acid groups (broad SMARTS) is 1. The summed E-state index contributed by atoms with van der Waals surface area (Å²) in [6.45, 7) is 3.53. The molecule has 2 atom stereocenters. The lowest BCUT2D eigenvalue weighted by Crippen LogP contribution is -2.46. The summed E-state index contributed by atoms with van der Waals surface area (Å²) in [5, 5.41) is 14.1. The highest BCUT2D eigenvalue weighted by Crippen LogP contribution is 2.30. The molecule has 1 amide bonds. The Bertz CT molecular complexity index is 714. The highest BCUT2D eigenvalue weighted by molar-refractivity contribution is 7.10. The van der Waals surface area contributed by atoms with E-state index in [4.69, 9.17) is 4.74 Å². The molecule has 0 saturated carbocycles. The Morgan fingerprint density at radius 1 is 1.33 bits per heavy atom. The number of aliphatic carboxylic acids is 1. The van der Waals surface area contributed by atoms with E-state index < -0.39 is 11.5 Å². The van der Waals surface area contributed by atoms with Gasteiger partial charge in [0.25, 0.3) is 0 Å². The first-order valence-electron chi connectivity index (χ1n) is 7.57. The van der Waals surface area contributed by atoms with E-state index in [0.29, 0.717) is 11.3 Å². The number of nitrogens with one attached hydrogen (secondary N) is 1. The van der Waals surface area contributed by atoms with Gasteiger partial charge in [-0.2, -0.15) is 0 Å². The first-order valence-corrected chi connectivity index (χ1v) is 8.45. The van der Waals surface area contributed by atoms with Gasteiger partial charge in [-0.1, -0.05) is 18.2 Å². The van der Waals surface area contributed by atoms with E-state index in [1.165, 1.54) is 11.3 Å². The Labute approximate surface area is 145 Å². The molecule has 0 fully saturated rings. The number of hydrogen-bond acceptors (Lipinski definition) is 4. The standard InChI is InChI=1S/C18H21NO4S/c1-12(15-8-5-9-24-15)17(22)19-18(2,11-16(20)21)13-6-4-7-14(10-13)23-3/h4-10,12H,11H2,1-3H3,(H,19,22)(H,20,21). The maximum Gasteiger partial charge on any atom is 0.306 e. The molecule has 0 aliphatic carbocycles. The Morgan fingerprint density at radius 2 is 2.08 bits per heavy atom. The maximum absolute atomic E-state index is 12.6. The van der Waals surface area contributed by atoms with Crippen LogP contribution < -0.4 is 10.1 Å². The van der Waals surface area contributed by atoms with Crippen LogP contribution in [0.2, 0.25) is 0 Å². The SMILES string of the molecule is COc1cccc(C(C)(CC(=O)O)NC(=O)C(C)c2cccs2)c1. The number of carboxylic acids is 1. The number of ether oxygens (including phenoxy) is 1. The van der Waals surface area contributed by atoms with Gasteiger partial charge in [0.2, 0.25) is 5.91 Å². The monoisotopic (exact) mass is 347 g/mol. The quantitative estimate of drug-likeness (QED) is 0.805. The molecule has 0 spiro atoms. The molecule has 128 valence electrons. The second-order valence-electron chi connectivity index (χ2n) is 5.86. The number of hydrogen-bond donors (Lipinski definition) is 2.